The van der Waals surface area contributed by atoms with Crippen LogP contribution >= 0.6 is 0 Å². The first-order valence-electron chi connectivity index (χ1n) is 5.23. The maximum Gasteiger partial charge on any atom is 0.0897 e. The van der Waals surface area contributed by atoms with E-state index in [9.17, 15) is 5.11 Å². The van der Waals surface area contributed by atoms with Crippen LogP contribution in [-0.4, -0.2) is 37.5 Å². The van der Waals surface area contributed by atoms with Gasteiger partial charge >= 0.3 is 0 Å². The van der Waals surface area contributed by atoms with Crippen molar-refractivity contribution < 1.29 is 9.84 Å². The lowest BCUT2D eigenvalue weighted by atomic mass is 9.95. The third kappa shape index (κ3) is 4.60. The van der Waals surface area contributed by atoms with Gasteiger partial charge in [-0.25, -0.2) is 0 Å². The van der Waals surface area contributed by atoms with Gasteiger partial charge in [-0.05, 0) is 12.8 Å². The summed E-state index contributed by atoms with van der Waals surface area (Å²) in [5.74, 6) is 0. The Morgan fingerprint density at radius 3 is 2.69 bits per heavy atom. The Balaban J connectivity index is 2.03. The summed E-state index contributed by atoms with van der Waals surface area (Å²) in [6.45, 7) is 1.10. The van der Waals surface area contributed by atoms with Crippen molar-refractivity contribution in [2.75, 3.05) is 20.3 Å². The Morgan fingerprint density at radius 2 is 2.08 bits per heavy atom. The number of methoxy groups -OCH3 is 1. The number of hydrogen-bond donors (Lipinski definition) is 2. The van der Waals surface area contributed by atoms with Crippen LogP contribution in [-0.2, 0) is 4.74 Å². The summed E-state index contributed by atoms with van der Waals surface area (Å²) in [6.07, 6.45) is 6.21. The molecular weight excluding hydrogens is 166 g/mol. The third-order valence-corrected chi connectivity index (χ3v) is 2.61. The minimum atomic E-state index is -0.355. The van der Waals surface area contributed by atoms with E-state index < -0.39 is 0 Å². The van der Waals surface area contributed by atoms with Gasteiger partial charge in [0.1, 0.15) is 0 Å². The molecule has 3 nitrogen and oxygen atoms in total. The Labute approximate surface area is 80.5 Å². The Kier molecular flexibility index (Phi) is 5.35. The Bertz CT molecular complexity index is 124. The van der Waals surface area contributed by atoms with Gasteiger partial charge in [-0.3, -0.25) is 0 Å². The van der Waals surface area contributed by atoms with Crippen LogP contribution in [0.1, 0.15) is 32.1 Å². The largest absolute Gasteiger partial charge is 0.389 e. The van der Waals surface area contributed by atoms with E-state index in [1.165, 1.54) is 32.1 Å². The molecule has 1 fully saturated rings. The Hall–Kier alpha value is -0.120. The van der Waals surface area contributed by atoms with Crippen LogP contribution in [0.4, 0.5) is 0 Å². The van der Waals surface area contributed by atoms with Crippen LogP contribution in [0.5, 0.6) is 0 Å². The van der Waals surface area contributed by atoms with Crippen LogP contribution in [0, 0.1) is 0 Å². The van der Waals surface area contributed by atoms with Crippen molar-refractivity contribution >= 4 is 0 Å². The molecule has 1 unspecified atom stereocenters. The van der Waals surface area contributed by atoms with Crippen molar-refractivity contribution in [3.05, 3.63) is 0 Å². The summed E-state index contributed by atoms with van der Waals surface area (Å²) in [7, 11) is 1.61. The molecule has 0 heterocycles. The molecule has 2 N–H and O–H groups in total. The molecule has 1 aliphatic carbocycles. The van der Waals surface area contributed by atoms with Gasteiger partial charge in [0.15, 0.2) is 0 Å². The zero-order valence-corrected chi connectivity index (χ0v) is 8.46. The van der Waals surface area contributed by atoms with Gasteiger partial charge in [-0.15, -0.1) is 0 Å². The third-order valence-electron chi connectivity index (χ3n) is 2.61. The minimum absolute atomic E-state index is 0.355. The zero-order valence-electron chi connectivity index (χ0n) is 8.46. The second-order valence-corrected chi connectivity index (χ2v) is 3.85. The highest BCUT2D eigenvalue weighted by atomic mass is 16.5. The summed E-state index contributed by atoms with van der Waals surface area (Å²) < 4.78 is 4.85. The van der Waals surface area contributed by atoms with Crippen LogP contribution in [0.15, 0.2) is 0 Å². The van der Waals surface area contributed by atoms with E-state index in [0.29, 0.717) is 19.2 Å². The van der Waals surface area contributed by atoms with Crippen molar-refractivity contribution in [3.63, 3.8) is 0 Å². The van der Waals surface area contributed by atoms with Gasteiger partial charge in [0.25, 0.3) is 0 Å². The molecular formula is C10H21NO2. The molecule has 1 saturated carbocycles. The smallest absolute Gasteiger partial charge is 0.0897 e. The number of rotatable bonds is 5. The van der Waals surface area contributed by atoms with Gasteiger partial charge in [-0.2, -0.15) is 0 Å². The summed E-state index contributed by atoms with van der Waals surface area (Å²) in [5, 5.41) is 12.8. The number of ether oxygens (including phenoxy) is 1. The molecule has 0 amide bonds. The van der Waals surface area contributed by atoms with Crippen LogP contribution in [0.3, 0.4) is 0 Å². The minimum Gasteiger partial charge on any atom is -0.389 e. The lowest BCUT2D eigenvalue weighted by molar-refractivity contribution is 0.0617. The molecule has 13 heavy (non-hydrogen) atoms. The van der Waals surface area contributed by atoms with Crippen molar-refractivity contribution in [1.82, 2.24) is 5.32 Å². The normalized spacial score (nSPS) is 21.7. The molecule has 1 atom stereocenters. The first-order valence-corrected chi connectivity index (χ1v) is 5.23. The second kappa shape index (κ2) is 6.35. The van der Waals surface area contributed by atoms with E-state index >= 15 is 0 Å². The fraction of sp³-hybridized carbons (Fsp3) is 1.00. The van der Waals surface area contributed by atoms with Gasteiger partial charge in [0.2, 0.25) is 0 Å². The average molecular weight is 187 g/mol. The standard InChI is InChI=1S/C10H21NO2/c1-13-8-10(12)7-11-9-5-3-2-4-6-9/h9-12H,2-8H2,1H3. The van der Waals surface area contributed by atoms with Crippen molar-refractivity contribution in [1.29, 1.82) is 0 Å². The molecule has 3 heteroatoms. The average Bonchev–Trinajstić information content (AvgIpc) is 2.17. The Morgan fingerprint density at radius 1 is 1.38 bits per heavy atom. The maximum atomic E-state index is 9.39. The molecule has 1 aliphatic rings. The van der Waals surface area contributed by atoms with Crippen LogP contribution in [0.2, 0.25) is 0 Å². The molecule has 1 rings (SSSR count). The van der Waals surface area contributed by atoms with Gasteiger partial charge < -0.3 is 15.2 Å². The number of hydrogen-bond acceptors (Lipinski definition) is 3. The number of aliphatic hydroxyl groups is 1. The topological polar surface area (TPSA) is 41.5 Å². The molecule has 0 radical (unpaired) electrons. The lowest BCUT2D eigenvalue weighted by Gasteiger charge is -2.24. The quantitative estimate of drug-likeness (QED) is 0.672. The molecule has 0 aromatic rings. The highest BCUT2D eigenvalue weighted by Gasteiger charge is 2.13. The van der Waals surface area contributed by atoms with E-state index in [1.54, 1.807) is 7.11 Å². The monoisotopic (exact) mass is 187 g/mol. The van der Waals surface area contributed by atoms with Gasteiger partial charge in [0.05, 0.1) is 12.7 Å². The molecule has 0 aromatic heterocycles. The summed E-state index contributed by atoms with van der Waals surface area (Å²) >= 11 is 0. The predicted octanol–water partition coefficient (Wildman–Crippen LogP) is 0.916. The first-order chi connectivity index (χ1) is 6.33. The molecule has 0 spiro atoms. The zero-order chi connectivity index (χ0) is 9.52. The summed E-state index contributed by atoms with van der Waals surface area (Å²) in [5.41, 5.74) is 0. The lowest BCUT2D eigenvalue weighted by Crippen LogP contribution is -2.38. The fourth-order valence-electron chi connectivity index (χ4n) is 1.86. The van der Waals surface area contributed by atoms with Crippen LogP contribution < -0.4 is 5.32 Å². The molecule has 0 saturated heterocycles. The van der Waals surface area contributed by atoms with E-state index in [4.69, 9.17) is 4.74 Å². The van der Waals surface area contributed by atoms with Crippen LogP contribution in [0.25, 0.3) is 0 Å². The molecule has 0 bridgehead atoms. The molecule has 0 aliphatic heterocycles. The fourth-order valence-corrected chi connectivity index (χ4v) is 1.86. The highest BCUT2D eigenvalue weighted by molar-refractivity contribution is 4.73. The van der Waals surface area contributed by atoms with E-state index in [2.05, 4.69) is 5.32 Å². The van der Waals surface area contributed by atoms with E-state index in [-0.39, 0.29) is 6.10 Å². The van der Waals surface area contributed by atoms with Gasteiger partial charge in [0, 0.05) is 19.7 Å². The van der Waals surface area contributed by atoms with Crippen molar-refractivity contribution in [2.45, 2.75) is 44.2 Å². The molecule has 0 aromatic carbocycles. The van der Waals surface area contributed by atoms with E-state index in [0.717, 1.165) is 0 Å². The highest BCUT2D eigenvalue weighted by Crippen LogP contribution is 2.17. The first kappa shape index (κ1) is 11.0. The summed E-state index contributed by atoms with van der Waals surface area (Å²) in [6, 6.07) is 0.625. The van der Waals surface area contributed by atoms with E-state index in [1.807, 2.05) is 0 Å². The number of nitrogens with one attached hydrogen (secondary N) is 1. The van der Waals surface area contributed by atoms with Gasteiger partial charge in [-0.1, -0.05) is 19.3 Å². The SMILES string of the molecule is COCC(O)CNC1CCCCC1. The number of aliphatic hydroxyl groups excluding tert-OH is 1. The maximum absolute atomic E-state index is 9.39. The van der Waals surface area contributed by atoms with Crippen molar-refractivity contribution in [3.8, 4) is 0 Å². The molecule has 78 valence electrons. The predicted molar refractivity (Wildman–Crippen MR) is 52.8 cm³/mol. The second-order valence-electron chi connectivity index (χ2n) is 3.85. The summed E-state index contributed by atoms with van der Waals surface area (Å²) in [4.78, 5) is 0. The van der Waals surface area contributed by atoms with Crippen molar-refractivity contribution in [2.24, 2.45) is 0 Å².